The highest BCUT2D eigenvalue weighted by Gasteiger charge is 2.13. The maximum absolute atomic E-state index is 12.2. The van der Waals surface area contributed by atoms with Crippen molar-refractivity contribution in [1.82, 2.24) is 5.16 Å². The summed E-state index contributed by atoms with van der Waals surface area (Å²) >= 11 is 0. The van der Waals surface area contributed by atoms with E-state index in [2.05, 4.69) is 10.5 Å². The van der Waals surface area contributed by atoms with Crippen LogP contribution in [0.4, 0.5) is 5.69 Å². The Kier molecular flexibility index (Phi) is 5.76. The molecular weight excluding hydrogens is 344 g/mol. The zero-order chi connectivity index (χ0) is 19.2. The van der Waals surface area contributed by atoms with E-state index in [1.54, 1.807) is 19.1 Å². The van der Waals surface area contributed by atoms with Crippen LogP contribution >= 0.6 is 0 Å². The standard InChI is InChI=1S/C21H22N2O4/c1-4-25-17-9-11-19(12-10-17)26-18-7-5-16(6-8-18)22-21(24)13-20-14(2)23-27-15(20)3/h5-12H,4,13H2,1-3H3,(H,22,24). The van der Waals surface area contributed by atoms with E-state index >= 15 is 0 Å². The van der Waals surface area contributed by atoms with Crippen LogP contribution in [0, 0.1) is 13.8 Å². The molecule has 0 radical (unpaired) electrons. The van der Waals surface area contributed by atoms with Gasteiger partial charge in [0, 0.05) is 11.3 Å². The molecule has 0 unspecified atom stereocenters. The van der Waals surface area contributed by atoms with Crippen molar-refractivity contribution in [1.29, 1.82) is 0 Å². The van der Waals surface area contributed by atoms with E-state index in [9.17, 15) is 4.79 Å². The molecule has 1 amide bonds. The highest BCUT2D eigenvalue weighted by molar-refractivity contribution is 5.92. The molecule has 0 saturated heterocycles. The SMILES string of the molecule is CCOc1ccc(Oc2ccc(NC(=O)Cc3c(C)noc3C)cc2)cc1. The summed E-state index contributed by atoms with van der Waals surface area (Å²) in [7, 11) is 0. The smallest absolute Gasteiger partial charge is 0.228 e. The number of benzene rings is 2. The number of nitrogens with one attached hydrogen (secondary N) is 1. The first-order chi connectivity index (χ1) is 13.0. The van der Waals surface area contributed by atoms with Gasteiger partial charge >= 0.3 is 0 Å². The Morgan fingerprint density at radius 3 is 2.15 bits per heavy atom. The van der Waals surface area contributed by atoms with Gasteiger partial charge in [0.05, 0.1) is 18.7 Å². The Morgan fingerprint density at radius 2 is 1.59 bits per heavy atom. The van der Waals surface area contributed by atoms with Crippen LogP contribution in [0.1, 0.15) is 23.9 Å². The second kappa shape index (κ2) is 8.40. The van der Waals surface area contributed by atoms with Crippen LogP contribution < -0.4 is 14.8 Å². The summed E-state index contributed by atoms with van der Waals surface area (Å²) in [5.41, 5.74) is 2.26. The number of aromatic nitrogens is 1. The molecule has 0 atom stereocenters. The van der Waals surface area contributed by atoms with Gasteiger partial charge in [0.2, 0.25) is 5.91 Å². The van der Waals surface area contributed by atoms with Crippen LogP contribution in [0.15, 0.2) is 53.1 Å². The Morgan fingerprint density at radius 1 is 1.00 bits per heavy atom. The monoisotopic (exact) mass is 366 g/mol. The molecule has 3 aromatic rings. The van der Waals surface area contributed by atoms with Crippen LogP contribution in [-0.4, -0.2) is 17.7 Å². The van der Waals surface area contributed by atoms with Gasteiger partial charge in [-0.2, -0.15) is 0 Å². The molecule has 0 aliphatic carbocycles. The van der Waals surface area contributed by atoms with Crippen molar-refractivity contribution in [3.63, 3.8) is 0 Å². The number of amides is 1. The fraction of sp³-hybridized carbons (Fsp3) is 0.238. The normalized spacial score (nSPS) is 10.5. The average Bonchev–Trinajstić information content (AvgIpc) is 2.97. The highest BCUT2D eigenvalue weighted by atomic mass is 16.5. The van der Waals surface area contributed by atoms with E-state index in [1.807, 2.05) is 50.2 Å². The molecule has 140 valence electrons. The number of anilines is 1. The summed E-state index contributed by atoms with van der Waals surface area (Å²) < 4.78 is 16.3. The molecule has 27 heavy (non-hydrogen) atoms. The van der Waals surface area contributed by atoms with Crippen molar-refractivity contribution < 1.29 is 18.8 Å². The van der Waals surface area contributed by atoms with Gasteiger partial charge in [-0.25, -0.2) is 0 Å². The van der Waals surface area contributed by atoms with E-state index in [0.717, 1.165) is 17.0 Å². The molecule has 1 aromatic heterocycles. The van der Waals surface area contributed by atoms with Gasteiger partial charge in [0.1, 0.15) is 23.0 Å². The molecular formula is C21H22N2O4. The second-order valence-corrected chi connectivity index (χ2v) is 6.06. The van der Waals surface area contributed by atoms with Gasteiger partial charge in [0.25, 0.3) is 0 Å². The molecule has 3 rings (SSSR count). The minimum absolute atomic E-state index is 0.121. The molecule has 0 spiro atoms. The molecule has 1 N–H and O–H groups in total. The van der Waals surface area contributed by atoms with Crippen molar-refractivity contribution >= 4 is 11.6 Å². The summed E-state index contributed by atoms with van der Waals surface area (Å²) in [5.74, 6) is 2.75. The number of carbonyl (C=O) groups is 1. The van der Waals surface area contributed by atoms with Gasteiger partial charge in [-0.3, -0.25) is 4.79 Å². The minimum Gasteiger partial charge on any atom is -0.494 e. The van der Waals surface area contributed by atoms with E-state index in [1.165, 1.54) is 0 Å². The fourth-order valence-corrected chi connectivity index (χ4v) is 2.63. The molecule has 6 heteroatoms. The second-order valence-electron chi connectivity index (χ2n) is 6.06. The van der Waals surface area contributed by atoms with Crippen LogP contribution in [0.25, 0.3) is 0 Å². The number of aryl methyl sites for hydroxylation is 2. The first-order valence-corrected chi connectivity index (χ1v) is 8.77. The third-order valence-electron chi connectivity index (χ3n) is 4.03. The third kappa shape index (κ3) is 4.88. The first-order valence-electron chi connectivity index (χ1n) is 8.77. The summed E-state index contributed by atoms with van der Waals surface area (Å²) in [6, 6.07) is 14.6. The Balaban J connectivity index is 1.57. The summed E-state index contributed by atoms with van der Waals surface area (Å²) in [6.07, 6.45) is 0.228. The van der Waals surface area contributed by atoms with Crippen molar-refractivity contribution in [2.24, 2.45) is 0 Å². The summed E-state index contributed by atoms with van der Waals surface area (Å²) in [4.78, 5) is 12.2. The maximum Gasteiger partial charge on any atom is 0.228 e. The summed E-state index contributed by atoms with van der Waals surface area (Å²) in [6.45, 7) is 6.20. The molecule has 0 bridgehead atoms. The molecule has 1 heterocycles. The van der Waals surface area contributed by atoms with Gasteiger partial charge in [-0.05, 0) is 69.3 Å². The fourth-order valence-electron chi connectivity index (χ4n) is 2.63. The van der Waals surface area contributed by atoms with Crippen molar-refractivity contribution in [2.75, 3.05) is 11.9 Å². The first kappa shape index (κ1) is 18.5. The van der Waals surface area contributed by atoms with Crippen molar-refractivity contribution in [3.8, 4) is 17.2 Å². The van der Waals surface area contributed by atoms with E-state index < -0.39 is 0 Å². The van der Waals surface area contributed by atoms with Crippen LogP contribution in [0.2, 0.25) is 0 Å². The van der Waals surface area contributed by atoms with E-state index in [-0.39, 0.29) is 12.3 Å². The zero-order valence-electron chi connectivity index (χ0n) is 15.6. The van der Waals surface area contributed by atoms with Gasteiger partial charge in [-0.15, -0.1) is 0 Å². The topological polar surface area (TPSA) is 73.6 Å². The lowest BCUT2D eigenvalue weighted by Crippen LogP contribution is -2.15. The molecule has 0 fully saturated rings. The van der Waals surface area contributed by atoms with Crippen molar-refractivity contribution in [2.45, 2.75) is 27.2 Å². The molecule has 0 aliphatic rings. The lowest BCUT2D eigenvalue weighted by Gasteiger charge is -2.09. The highest BCUT2D eigenvalue weighted by Crippen LogP contribution is 2.25. The number of hydrogen-bond donors (Lipinski definition) is 1. The van der Waals surface area contributed by atoms with E-state index in [0.29, 0.717) is 29.6 Å². The third-order valence-corrected chi connectivity index (χ3v) is 4.03. The number of rotatable bonds is 7. The number of carbonyl (C=O) groups excluding carboxylic acids is 1. The van der Waals surface area contributed by atoms with Crippen LogP contribution in [-0.2, 0) is 11.2 Å². The quantitative estimate of drug-likeness (QED) is 0.658. The Hall–Kier alpha value is -3.28. The maximum atomic E-state index is 12.2. The predicted octanol–water partition coefficient (Wildman–Crippen LogP) is 4.66. The Bertz CT molecular complexity index is 879. The zero-order valence-corrected chi connectivity index (χ0v) is 15.6. The number of nitrogens with zero attached hydrogens (tertiary/aromatic N) is 1. The lowest BCUT2D eigenvalue weighted by atomic mass is 10.1. The van der Waals surface area contributed by atoms with Crippen LogP contribution in [0.5, 0.6) is 17.2 Å². The van der Waals surface area contributed by atoms with Crippen molar-refractivity contribution in [3.05, 3.63) is 65.5 Å². The molecule has 2 aromatic carbocycles. The Labute approximate surface area is 158 Å². The predicted molar refractivity (Wildman–Crippen MR) is 102 cm³/mol. The number of hydrogen-bond acceptors (Lipinski definition) is 5. The lowest BCUT2D eigenvalue weighted by molar-refractivity contribution is -0.115. The molecule has 0 aliphatic heterocycles. The minimum atomic E-state index is -0.121. The van der Waals surface area contributed by atoms with Gasteiger partial charge < -0.3 is 19.3 Å². The van der Waals surface area contributed by atoms with Crippen LogP contribution in [0.3, 0.4) is 0 Å². The number of ether oxygens (including phenoxy) is 2. The largest absolute Gasteiger partial charge is 0.494 e. The van der Waals surface area contributed by atoms with Gasteiger partial charge in [0.15, 0.2) is 0 Å². The van der Waals surface area contributed by atoms with E-state index in [4.69, 9.17) is 14.0 Å². The summed E-state index contributed by atoms with van der Waals surface area (Å²) in [5, 5.41) is 6.73. The average molecular weight is 366 g/mol. The van der Waals surface area contributed by atoms with Gasteiger partial charge in [-0.1, -0.05) is 5.16 Å². The molecule has 6 nitrogen and oxygen atoms in total. The molecule has 0 saturated carbocycles.